The molecule has 5 heteroatoms. The third kappa shape index (κ3) is 3.32. The highest BCUT2D eigenvalue weighted by Crippen LogP contribution is 2.37. The van der Waals surface area contributed by atoms with Crippen molar-refractivity contribution in [3.8, 4) is 10.6 Å². The van der Waals surface area contributed by atoms with Crippen LogP contribution in [0.2, 0.25) is 0 Å². The van der Waals surface area contributed by atoms with E-state index < -0.39 is 11.7 Å². The molecule has 0 saturated carbocycles. The monoisotopic (exact) mass is 273 g/mol. The summed E-state index contributed by atoms with van der Waals surface area (Å²) in [6.45, 7) is 5.85. The van der Waals surface area contributed by atoms with Crippen LogP contribution in [0.15, 0.2) is 30.5 Å². The number of rotatable bonds is 1. The standard InChI is InChI=1S/C11H8F3NS.C2H6/c1-7-4-5-9(16-7)10-8(11(12,13)14)3-2-6-15-10;1-2/h2-6H,1H3;1-2H3. The van der Waals surface area contributed by atoms with Gasteiger partial charge in [0.2, 0.25) is 0 Å². The molecule has 0 aliphatic carbocycles. The van der Waals surface area contributed by atoms with Crippen molar-refractivity contribution in [3.63, 3.8) is 0 Å². The molecule has 0 unspecified atom stereocenters. The molecule has 0 N–H and O–H groups in total. The third-order valence-electron chi connectivity index (χ3n) is 2.09. The highest BCUT2D eigenvalue weighted by atomic mass is 32.1. The first-order chi connectivity index (χ1) is 8.48. The zero-order valence-electron chi connectivity index (χ0n) is 10.4. The SMILES string of the molecule is CC.Cc1ccc(-c2ncccc2C(F)(F)F)s1. The molecule has 0 spiro atoms. The number of aryl methyl sites for hydroxylation is 1. The average molecular weight is 273 g/mol. The number of thiophene rings is 1. The summed E-state index contributed by atoms with van der Waals surface area (Å²) in [6, 6.07) is 5.80. The van der Waals surface area contributed by atoms with Crippen LogP contribution in [0, 0.1) is 6.92 Å². The van der Waals surface area contributed by atoms with Gasteiger partial charge in [0.05, 0.1) is 16.1 Å². The van der Waals surface area contributed by atoms with Crippen molar-refractivity contribution in [1.29, 1.82) is 0 Å². The molecule has 18 heavy (non-hydrogen) atoms. The quantitative estimate of drug-likeness (QED) is 0.699. The van der Waals surface area contributed by atoms with Gasteiger partial charge in [0.1, 0.15) is 0 Å². The Morgan fingerprint density at radius 2 is 1.78 bits per heavy atom. The molecule has 0 saturated heterocycles. The Labute approximate surface area is 108 Å². The number of nitrogens with zero attached hydrogens (tertiary/aromatic N) is 1. The van der Waals surface area contributed by atoms with E-state index in [4.69, 9.17) is 0 Å². The molecule has 0 atom stereocenters. The van der Waals surface area contributed by atoms with E-state index in [9.17, 15) is 13.2 Å². The molecular formula is C13H14F3NS. The first-order valence-electron chi connectivity index (χ1n) is 5.57. The van der Waals surface area contributed by atoms with Gasteiger partial charge in [-0.3, -0.25) is 4.98 Å². The molecule has 2 rings (SSSR count). The number of alkyl halides is 3. The number of hydrogen-bond donors (Lipinski definition) is 0. The Bertz CT molecular complexity index is 503. The molecule has 0 radical (unpaired) electrons. The molecule has 0 aliphatic heterocycles. The van der Waals surface area contributed by atoms with Gasteiger partial charge in [-0.1, -0.05) is 13.8 Å². The lowest BCUT2D eigenvalue weighted by molar-refractivity contribution is -0.137. The van der Waals surface area contributed by atoms with Gasteiger partial charge in [0, 0.05) is 11.1 Å². The minimum Gasteiger partial charge on any atom is -0.255 e. The molecule has 98 valence electrons. The van der Waals surface area contributed by atoms with Gasteiger partial charge < -0.3 is 0 Å². The van der Waals surface area contributed by atoms with Crippen LogP contribution in [0.3, 0.4) is 0 Å². The van der Waals surface area contributed by atoms with Gasteiger partial charge in [-0.05, 0) is 31.2 Å². The van der Waals surface area contributed by atoms with E-state index in [-0.39, 0.29) is 5.69 Å². The Morgan fingerprint density at radius 1 is 1.11 bits per heavy atom. The van der Waals surface area contributed by atoms with Crippen molar-refractivity contribution >= 4 is 11.3 Å². The fraction of sp³-hybridized carbons (Fsp3) is 0.308. The van der Waals surface area contributed by atoms with E-state index in [1.54, 1.807) is 12.1 Å². The number of aromatic nitrogens is 1. The van der Waals surface area contributed by atoms with E-state index >= 15 is 0 Å². The van der Waals surface area contributed by atoms with Crippen LogP contribution < -0.4 is 0 Å². The average Bonchev–Trinajstić information content (AvgIpc) is 2.77. The van der Waals surface area contributed by atoms with Crippen LogP contribution in [-0.2, 0) is 6.18 Å². The van der Waals surface area contributed by atoms with Gasteiger partial charge in [0.15, 0.2) is 0 Å². The molecule has 0 fully saturated rings. The molecule has 2 aromatic rings. The normalized spacial score (nSPS) is 10.8. The topological polar surface area (TPSA) is 12.9 Å². The Kier molecular flexibility index (Phi) is 4.90. The smallest absolute Gasteiger partial charge is 0.255 e. The zero-order valence-corrected chi connectivity index (χ0v) is 11.2. The fourth-order valence-electron chi connectivity index (χ4n) is 1.39. The van der Waals surface area contributed by atoms with E-state index in [0.29, 0.717) is 4.88 Å². The molecular weight excluding hydrogens is 259 g/mol. The maximum absolute atomic E-state index is 12.7. The number of pyridine rings is 1. The summed E-state index contributed by atoms with van der Waals surface area (Å²) < 4.78 is 38.1. The van der Waals surface area contributed by atoms with Gasteiger partial charge >= 0.3 is 6.18 Å². The van der Waals surface area contributed by atoms with Crippen LogP contribution in [0.25, 0.3) is 10.6 Å². The second-order valence-electron chi connectivity index (χ2n) is 3.31. The van der Waals surface area contributed by atoms with Crippen LogP contribution in [0.5, 0.6) is 0 Å². The summed E-state index contributed by atoms with van der Waals surface area (Å²) in [5.74, 6) is 0. The fourth-order valence-corrected chi connectivity index (χ4v) is 2.27. The zero-order chi connectivity index (χ0) is 13.8. The van der Waals surface area contributed by atoms with Crippen molar-refractivity contribution in [2.45, 2.75) is 26.9 Å². The Balaban J connectivity index is 0.000000771. The van der Waals surface area contributed by atoms with Crippen LogP contribution in [-0.4, -0.2) is 4.98 Å². The number of halogens is 3. The summed E-state index contributed by atoms with van der Waals surface area (Å²) in [4.78, 5) is 5.33. The minimum atomic E-state index is -4.36. The lowest BCUT2D eigenvalue weighted by atomic mass is 10.1. The van der Waals surface area contributed by atoms with Gasteiger partial charge in [-0.25, -0.2) is 0 Å². The molecule has 0 aromatic carbocycles. The highest BCUT2D eigenvalue weighted by molar-refractivity contribution is 7.15. The van der Waals surface area contributed by atoms with Crippen molar-refractivity contribution < 1.29 is 13.2 Å². The molecule has 0 aliphatic rings. The van der Waals surface area contributed by atoms with Crippen molar-refractivity contribution in [2.24, 2.45) is 0 Å². The minimum absolute atomic E-state index is 0.00750. The van der Waals surface area contributed by atoms with E-state index in [1.165, 1.54) is 23.6 Å². The Hall–Kier alpha value is -1.36. The van der Waals surface area contributed by atoms with Crippen LogP contribution >= 0.6 is 11.3 Å². The molecule has 2 aromatic heterocycles. The van der Waals surface area contributed by atoms with Crippen molar-refractivity contribution in [3.05, 3.63) is 40.9 Å². The Morgan fingerprint density at radius 3 is 2.28 bits per heavy atom. The van der Waals surface area contributed by atoms with Crippen LogP contribution in [0.4, 0.5) is 13.2 Å². The maximum Gasteiger partial charge on any atom is 0.418 e. The maximum atomic E-state index is 12.7. The van der Waals surface area contributed by atoms with Crippen molar-refractivity contribution in [2.75, 3.05) is 0 Å². The highest BCUT2D eigenvalue weighted by Gasteiger charge is 2.34. The van der Waals surface area contributed by atoms with Gasteiger partial charge in [-0.2, -0.15) is 13.2 Å². The van der Waals surface area contributed by atoms with E-state index in [0.717, 1.165) is 10.9 Å². The first kappa shape index (κ1) is 14.7. The summed E-state index contributed by atoms with van der Waals surface area (Å²) in [5, 5.41) is 0. The van der Waals surface area contributed by atoms with E-state index in [1.807, 2.05) is 20.8 Å². The van der Waals surface area contributed by atoms with Crippen LogP contribution in [0.1, 0.15) is 24.3 Å². The second kappa shape index (κ2) is 6.00. The lowest BCUT2D eigenvalue weighted by Crippen LogP contribution is -2.07. The number of hydrogen-bond acceptors (Lipinski definition) is 2. The molecule has 2 heterocycles. The lowest BCUT2D eigenvalue weighted by Gasteiger charge is -2.09. The molecule has 0 bridgehead atoms. The molecule has 0 amide bonds. The third-order valence-corrected chi connectivity index (χ3v) is 3.09. The predicted molar refractivity (Wildman–Crippen MR) is 68.6 cm³/mol. The summed E-state index contributed by atoms with van der Waals surface area (Å²) >= 11 is 1.31. The van der Waals surface area contributed by atoms with E-state index in [2.05, 4.69) is 4.98 Å². The first-order valence-corrected chi connectivity index (χ1v) is 6.39. The predicted octanol–water partition coefficient (Wildman–Crippen LogP) is 5.16. The summed E-state index contributed by atoms with van der Waals surface area (Å²) in [5.41, 5.74) is -0.676. The summed E-state index contributed by atoms with van der Waals surface area (Å²) in [6.07, 6.45) is -2.99. The molecule has 1 nitrogen and oxygen atoms in total. The van der Waals surface area contributed by atoms with Crippen molar-refractivity contribution in [1.82, 2.24) is 4.98 Å². The summed E-state index contributed by atoms with van der Waals surface area (Å²) in [7, 11) is 0. The largest absolute Gasteiger partial charge is 0.418 e. The second-order valence-corrected chi connectivity index (χ2v) is 4.60. The van der Waals surface area contributed by atoms with Gasteiger partial charge in [0.25, 0.3) is 0 Å². The van der Waals surface area contributed by atoms with Gasteiger partial charge in [-0.15, -0.1) is 11.3 Å².